The highest BCUT2D eigenvalue weighted by Gasteiger charge is 2.27. The second kappa shape index (κ2) is 10.6. The average molecular weight is 434 g/mol. The van der Waals surface area contributed by atoms with E-state index in [2.05, 4.69) is 15.5 Å². The van der Waals surface area contributed by atoms with Gasteiger partial charge in [-0.1, -0.05) is 36.4 Å². The molecule has 0 unspecified atom stereocenters. The Morgan fingerprint density at radius 1 is 1.00 bits per heavy atom. The van der Waals surface area contributed by atoms with Gasteiger partial charge in [-0.25, -0.2) is 0 Å². The lowest BCUT2D eigenvalue weighted by atomic mass is 9.96. The largest absolute Gasteiger partial charge is 0.484 e. The molecule has 1 aliphatic heterocycles. The first-order valence-electron chi connectivity index (χ1n) is 10.8. The van der Waals surface area contributed by atoms with Crippen LogP contribution in [-0.2, 0) is 16.0 Å². The molecular weight excluding hydrogens is 408 g/mol. The summed E-state index contributed by atoms with van der Waals surface area (Å²) >= 11 is 0. The van der Waals surface area contributed by atoms with Crippen molar-refractivity contribution in [3.05, 3.63) is 66.6 Å². The van der Waals surface area contributed by atoms with Gasteiger partial charge in [0.05, 0.1) is 0 Å². The van der Waals surface area contributed by atoms with Crippen LogP contribution in [0, 0.1) is 5.92 Å². The second-order valence-electron chi connectivity index (χ2n) is 7.66. The fraction of sp³-hybridized carbons (Fsp3) is 0.333. The molecule has 1 fully saturated rings. The van der Waals surface area contributed by atoms with E-state index < -0.39 is 0 Å². The lowest BCUT2D eigenvalue weighted by molar-refractivity contribution is -0.137. The zero-order valence-electron chi connectivity index (χ0n) is 17.8. The van der Waals surface area contributed by atoms with Crippen molar-refractivity contribution in [1.82, 2.24) is 20.4 Å². The molecule has 0 saturated carbocycles. The van der Waals surface area contributed by atoms with Gasteiger partial charge in [0.1, 0.15) is 5.75 Å². The lowest BCUT2D eigenvalue weighted by Gasteiger charge is -2.31. The molecule has 1 aliphatic rings. The third-order valence-electron chi connectivity index (χ3n) is 5.45. The Morgan fingerprint density at radius 2 is 1.69 bits per heavy atom. The fourth-order valence-electron chi connectivity index (χ4n) is 3.63. The predicted octanol–water partition coefficient (Wildman–Crippen LogP) is 2.71. The Labute approximate surface area is 186 Å². The predicted molar refractivity (Wildman–Crippen MR) is 118 cm³/mol. The van der Waals surface area contributed by atoms with Crippen molar-refractivity contribution in [3.63, 3.8) is 0 Å². The standard InChI is InChI=1S/C24H26N4O4/c29-22(17-31-20-9-5-2-6-10-20)28-15-12-18(13-16-28)23(30)25-14-11-21-26-27-24(32-21)19-7-3-1-4-8-19/h1-10,18H,11-17H2,(H,25,30). The second-order valence-corrected chi connectivity index (χ2v) is 7.66. The Balaban J connectivity index is 1.16. The Kier molecular flexibility index (Phi) is 7.12. The number of carbonyl (C=O) groups is 2. The van der Waals surface area contributed by atoms with Crippen LogP contribution < -0.4 is 10.1 Å². The monoisotopic (exact) mass is 434 g/mol. The van der Waals surface area contributed by atoms with Crippen LogP contribution in [0.25, 0.3) is 11.5 Å². The van der Waals surface area contributed by atoms with Crippen molar-refractivity contribution in [1.29, 1.82) is 0 Å². The number of rotatable bonds is 8. The first kappa shape index (κ1) is 21.5. The van der Waals surface area contributed by atoms with Gasteiger partial charge < -0.3 is 19.4 Å². The summed E-state index contributed by atoms with van der Waals surface area (Å²) in [6.07, 6.45) is 1.75. The lowest BCUT2D eigenvalue weighted by Crippen LogP contribution is -2.44. The maximum atomic E-state index is 12.5. The first-order chi connectivity index (χ1) is 15.7. The molecule has 0 atom stereocenters. The van der Waals surface area contributed by atoms with Crippen molar-refractivity contribution in [2.75, 3.05) is 26.2 Å². The number of hydrogen-bond acceptors (Lipinski definition) is 6. The molecule has 166 valence electrons. The van der Waals surface area contributed by atoms with Crippen LogP contribution in [0.5, 0.6) is 5.75 Å². The van der Waals surface area contributed by atoms with Crippen LogP contribution in [-0.4, -0.2) is 53.2 Å². The minimum Gasteiger partial charge on any atom is -0.484 e. The Morgan fingerprint density at radius 3 is 2.41 bits per heavy atom. The van der Waals surface area contributed by atoms with Crippen LogP contribution in [0.3, 0.4) is 0 Å². The van der Waals surface area contributed by atoms with Gasteiger partial charge in [-0.05, 0) is 37.1 Å². The summed E-state index contributed by atoms with van der Waals surface area (Å²) < 4.78 is 11.2. The van der Waals surface area contributed by atoms with Gasteiger partial charge in [0.2, 0.25) is 17.7 Å². The number of nitrogens with zero attached hydrogens (tertiary/aromatic N) is 3. The molecule has 2 aromatic carbocycles. The molecule has 1 aromatic heterocycles. The molecule has 0 radical (unpaired) electrons. The molecule has 4 rings (SSSR count). The average Bonchev–Trinajstić information content (AvgIpc) is 3.33. The number of ether oxygens (including phenoxy) is 1. The topological polar surface area (TPSA) is 97.6 Å². The minimum absolute atomic E-state index is 0.000401. The Bertz CT molecular complexity index is 1010. The number of aromatic nitrogens is 2. The summed E-state index contributed by atoms with van der Waals surface area (Å²) in [4.78, 5) is 26.6. The van der Waals surface area contributed by atoms with Crippen molar-refractivity contribution in [2.45, 2.75) is 19.3 Å². The van der Waals surface area contributed by atoms with Gasteiger partial charge in [0, 0.05) is 37.5 Å². The van der Waals surface area contributed by atoms with Gasteiger partial charge in [0.15, 0.2) is 6.61 Å². The molecule has 1 N–H and O–H groups in total. The molecular formula is C24H26N4O4. The maximum Gasteiger partial charge on any atom is 0.260 e. The summed E-state index contributed by atoms with van der Waals surface area (Å²) in [6, 6.07) is 18.8. The van der Waals surface area contributed by atoms with Gasteiger partial charge in [-0.15, -0.1) is 10.2 Å². The van der Waals surface area contributed by atoms with Crippen molar-refractivity contribution in [2.24, 2.45) is 5.92 Å². The summed E-state index contributed by atoms with van der Waals surface area (Å²) in [5.41, 5.74) is 0.866. The summed E-state index contributed by atoms with van der Waals surface area (Å²) in [7, 11) is 0. The number of para-hydroxylation sites is 1. The van der Waals surface area contributed by atoms with Crippen LogP contribution in [0.1, 0.15) is 18.7 Å². The van der Waals surface area contributed by atoms with Gasteiger partial charge in [0.25, 0.3) is 5.91 Å². The number of nitrogens with one attached hydrogen (secondary N) is 1. The van der Waals surface area contributed by atoms with E-state index in [-0.39, 0.29) is 24.3 Å². The highest BCUT2D eigenvalue weighted by molar-refractivity contribution is 5.80. The molecule has 3 aromatic rings. The molecule has 0 spiro atoms. The van der Waals surface area contributed by atoms with Crippen LogP contribution in [0.15, 0.2) is 65.1 Å². The zero-order chi connectivity index (χ0) is 22.2. The molecule has 32 heavy (non-hydrogen) atoms. The fourth-order valence-corrected chi connectivity index (χ4v) is 3.63. The van der Waals surface area contributed by atoms with E-state index in [1.54, 1.807) is 4.90 Å². The quantitative estimate of drug-likeness (QED) is 0.586. The number of piperidine rings is 1. The number of hydrogen-bond donors (Lipinski definition) is 1. The van der Waals surface area contributed by atoms with Crippen molar-refractivity contribution in [3.8, 4) is 17.2 Å². The van der Waals surface area contributed by atoms with E-state index in [9.17, 15) is 9.59 Å². The molecule has 0 aliphatic carbocycles. The minimum atomic E-state index is -0.100. The van der Waals surface area contributed by atoms with Crippen molar-refractivity contribution < 1.29 is 18.7 Å². The van der Waals surface area contributed by atoms with E-state index in [4.69, 9.17) is 9.15 Å². The van der Waals surface area contributed by atoms with Crippen LogP contribution >= 0.6 is 0 Å². The van der Waals surface area contributed by atoms with Gasteiger partial charge in [-0.2, -0.15) is 0 Å². The smallest absolute Gasteiger partial charge is 0.260 e. The van der Waals surface area contributed by atoms with Crippen molar-refractivity contribution >= 4 is 11.8 Å². The van der Waals surface area contributed by atoms with E-state index in [1.807, 2.05) is 60.7 Å². The highest BCUT2D eigenvalue weighted by atomic mass is 16.5. The number of likely N-dealkylation sites (tertiary alicyclic amines) is 1. The summed E-state index contributed by atoms with van der Waals surface area (Å²) in [5.74, 6) is 1.48. The maximum absolute atomic E-state index is 12.5. The Hall–Kier alpha value is -3.68. The third-order valence-corrected chi connectivity index (χ3v) is 5.45. The molecule has 8 heteroatoms. The van der Waals surface area contributed by atoms with E-state index in [0.717, 1.165) is 5.56 Å². The summed E-state index contributed by atoms with van der Waals surface area (Å²) in [5, 5.41) is 11.0. The summed E-state index contributed by atoms with van der Waals surface area (Å²) in [6.45, 7) is 1.55. The SMILES string of the molecule is O=C(NCCc1nnc(-c2ccccc2)o1)C1CCN(C(=O)COc2ccccc2)CC1. The van der Waals surface area contributed by atoms with E-state index in [0.29, 0.717) is 56.4 Å². The molecule has 1 saturated heterocycles. The first-order valence-corrected chi connectivity index (χ1v) is 10.8. The van der Waals surface area contributed by atoms with E-state index >= 15 is 0 Å². The molecule has 2 heterocycles. The third kappa shape index (κ3) is 5.72. The molecule has 0 bridgehead atoms. The number of carbonyl (C=O) groups excluding carboxylic acids is 2. The zero-order valence-corrected chi connectivity index (χ0v) is 17.8. The van der Waals surface area contributed by atoms with Crippen LogP contribution in [0.2, 0.25) is 0 Å². The van der Waals surface area contributed by atoms with Crippen LogP contribution in [0.4, 0.5) is 0 Å². The number of benzene rings is 2. The molecule has 2 amide bonds. The normalized spacial score (nSPS) is 14.2. The van der Waals surface area contributed by atoms with Gasteiger partial charge in [-0.3, -0.25) is 9.59 Å². The van der Waals surface area contributed by atoms with Gasteiger partial charge >= 0.3 is 0 Å². The van der Waals surface area contributed by atoms with E-state index in [1.165, 1.54) is 0 Å². The number of amides is 2. The highest BCUT2D eigenvalue weighted by Crippen LogP contribution is 2.19. The molecule has 8 nitrogen and oxygen atoms in total.